The van der Waals surface area contributed by atoms with Gasteiger partial charge in [0.1, 0.15) is 12.4 Å². The van der Waals surface area contributed by atoms with Gasteiger partial charge in [0.15, 0.2) is 0 Å². The minimum absolute atomic E-state index is 0.577. The lowest BCUT2D eigenvalue weighted by molar-refractivity contribution is 0.330. The number of hydrogen-bond donors (Lipinski definition) is 1. The smallest absolute Gasteiger partial charge is 0.122 e. The summed E-state index contributed by atoms with van der Waals surface area (Å²) in [5.74, 6) is 0.918. The van der Waals surface area contributed by atoms with E-state index in [1.165, 1.54) is 5.56 Å². The van der Waals surface area contributed by atoms with Crippen molar-refractivity contribution in [3.63, 3.8) is 0 Å². The molecule has 0 unspecified atom stereocenters. The number of ether oxygens (including phenoxy) is 1. The first-order valence-corrected chi connectivity index (χ1v) is 7.20. The molecule has 2 nitrogen and oxygen atoms in total. The lowest BCUT2D eigenvalue weighted by Gasteiger charge is -2.11. The molecule has 106 valence electrons. The molecule has 0 amide bonds. The van der Waals surface area contributed by atoms with Crippen LogP contribution >= 0.6 is 23.2 Å². The standard InChI is InChI=1S/C16H17Cl2NO/c1-11-3-4-16(12(2)7-11)20-6-5-19-15-9-13(17)8-14(18)10-15/h3-4,7-10,19H,5-6H2,1-2H3. The van der Waals surface area contributed by atoms with E-state index in [0.717, 1.165) is 17.0 Å². The van der Waals surface area contributed by atoms with E-state index in [0.29, 0.717) is 23.2 Å². The minimum atomic E-state index is 0.577. The number of hydrogen-bond acceptors (Lipinski definition) is 2. The molecule has 0 aliphatic heterocycles. The van der Waals surface area contributed by atoms with Crippen LogP contribution in [0.25, 0.3) is 0 Å². The van der Waals surface area contributed by atoms with Crippen LogP contribution in [0.4, 0.5) is 5.69 Å². The Morgan fingerprint density at radius 3 is 2.35 bits per heavy atom. The van der Waals surface area contributed by atoms with Gasteiger partial charge in [0.05, 0.1) is 0 Å². The van der Waals surface area contributed by atoms with Gasteiger partial charge < -0.3 is 10.1 Å². The topological polar surface area (TPSA) is 21.3 Å². The fraction of sp³-hybridized carbons (Fsp3) is 0.250. The predicted octanol–water partition coefficient (Wildman–Crippen LogP) is 5.10. The van der Waals surface area contributed by atoms with Crippen LogP contribution in [0.2, 0.25) is 10.0 Å². The van der Waals surface area contributed by atoms with E-state index in [1.54, 1.807) is 6.07 Å². The molecule has 1 N–H and O–H groups in total. The lowest BCUT2D eigenvalue weighted by atomic mass is 10.1. The number of rotatable bonds is 5. The minimum Gasteiger partial charge on any atom is -0.491 e. The molecule has 4 heteroatoms. The average Bonchev–Trinajstić information content (AvgIpc) is 2.35. The number of nitrogens with one attached hydrogen (secondary N) is 1. The van der Waals surface area contributed by atoms with Crippen molar-refractivity contribution in [3.05, 3.63) is 57.6 Å². The molecule has 2 rings (SSSR count). The number of benzene rings is 2. The largest absolute Gasteiger partial charge is 0.491 e. The Bertz CT molecular complexity index is 579. The molecular weight excluding hydrogens is 293 g/mol. The van der Waals surface area contributed by atoms with Crippen molar-refractivity contribution in [2.45, 2.75) is 13.8 Å². The highest BCUT2D eigenvalue weighted by atomic mass is 35.5. The van der Waals surface area contributed by atoms with Gasteiger partial charge in [-0.1, -0.05) is 40.9 Å². The van der Waals surface area contributed by atoms with Crippen molar-refractivity contribution in [1.29, 1.82) is 0 Å². The molecule has 0 fully saturated rings. The number of halogens is 2. The van der Waals surface area contributed by atoms with E-state index in [1.807, 2.05) is 31.2 Å². The normalized spacial score (nSPS) is 10.4. The van der Waals surface area contributed by atoms with E-state index < -0.39 is 0 Å². The van der Waals surface area contributed by atoms with Crippen LogP contribution in [0, 0.1) is 13.8 Å². The molecule has 2 aromatic carbocycles. The Morgan fingerprint density at radius 1 is 1.00 bits per heavy atom. The van der Waals surface area contributed by atoms with Gasteiger partial charge in [-0.3, -0.25) is 0 Å². The Kier molecular flexibility index (Phi) is 5.16. The SMILES string of the molecule is Cc1ccc(OCCNc2cc(Cl)cc(Cl)c2)c(C)c1. The Labute approximate surface area is 129 Å². The maximum Gasteiger partial charge on any atom is 0.122 e. The van der Waals surface area contributed by atoms with E-state index in [9.17, 15) is 0 Å². The zero-order valence-electron chi connectivity index (χ0n) is 11.5. The van der Waals surface area contributed by atoms with Gasteiger partial charge in [-0.15, -0.1) is 0 Å². The summed E-state index contributed by atoms with van der Waals surface area (Å²) in [5, 5.41) is 4.47. The summed E-state index contributed by atoms with van der Waals surface area (Å²) in [6.45, 7) is 5.38. The Morgan fingerprint density at radius 2 is 1.70 bits per heavy atom. The van der Waals surface area contributed by atoms with Crippen molar-refractivity contribution < 1.29 is 4.74 Å². The second-order valence-electron chi connectivity index (χ2n) is 4.70. The average molecular weight is 310 g/mol. The van der Waals surface area contributed by atoms with E-state index in [2.05, 4.69) is 18.3 Å². The van der Waals surface area contributed by atoms with Crippen molar-refractivity contribution in [2.75, 3.05) is 18.5 Å². The van der Waals surface area contributed by atoms with Gasteiger partial charge in [0.25, 0.3) is 0 Å². The molecule has 0 saturated carbocycles. The molecule has 0 atom stereocenters. The van der Waals surface area contributed by atoms with Gasteiger partial charge in [0.2, 0.25) is 0 Å². The van der Waals surface area contributed by atoms with Gasteiger partial charge in [-0.05, 0) is 43.7 Å². The maximum absolute atomic E-state index is 5.94. The quantitative estimate of drug-likeness (QED) is 0.776. The van der Waals surface area contributed by atoms with Crippen molar-refractivity contribution in [3.8, 4) is 5.75 Å². The third-order valence-corrected chi connectivity index (χ3v) is 3.32. The number of anilines is 1. The molecule has 0 heterocycles. The summed E-state index contributed by atoms with van der Waals surface area (Å²) < 4.78 is 5.75. The predicted molar refractivity (Wildman–Crippen MR) is 86.4 cm³/mol. The van der Waals surface area contributed by atoms with Crippen molar-refractivity contribution in [1.82, 2.24) is 0 Å². The summed E-state index contributed by atoms with van der Waals surface area (Å²) in [7, 11) is 0. The molecule has 0 radical (unpaired) electrons. The van der Waals surface area contributed by atoms with E-state index in [-0.39, 0.29) is 0 Å². The molecule has 0 aromatic heterocycles. The summed E-state index contributed by atoms with van der Waals surface area (Å²) >= 11 is 11.9. The van der Waals surface area contributed by atoms with Gasteiger partial charge >= 0.3 is 0 Å². The van der Waals surface area contributed by atoms with Crippen LogP contribution in [-0.4, -0.2) is 13.2 Å². The van der Waals surface area contributed by atoms with Gasteiger partial charge in [-0.2, -0.15) is 0 Å². The van der Waals surface area contributed by atoms with Gasteiger partial charge in [-0.25, -0.2) is 0 Å². The van der Waals surface area contributed by atoms with Crippen LogP contribution in [0.3, 0.4) is 0 Å². The van der Waals surface area contributed by atoms with Crippen molar-refractivity contribution >= 4 is 28.9 Å². The Hall–Kier alpha value is -1.38. The molecule has 0 spiro atoms. The zero-order chi connectivity index (χ0) is 14.5. The maximum atomic E-state index is 5.94. The molecule has 20 heavy (non-hydrogen) atoms. The molecule has 0 bridgehead atoms. The molecule has 0 saturated heterocycles. The van der Waals surface area contributed by atoms with Crippen LogP contribution < -0.4 is 10.1 Å². The van der Waals surface area contributed by atoms with E-state index in [4.69, 9.17) is 27.9 Å². The highest BCUT2D eigenvalue weighted by Crippen LogP contribution is 2.22. The summed E-state index contributed by atoms with van der Waals surface area (Å²) in [6, 6.07) is 11.5. The van der Waals surface area contributed by atoms with E-state index >= 15 is 0 Å². The first kappa shape index (κ1) is 15.0. The summed E-state index contributed by atoms with van der Waals surface area (Å²) in [5.41, 5.74) is 3.28. The lowest BCUT2D eigenvalue weighted by Crippen LogP contribution is -2.12. The number of aryl methyl sites for hydroxylation is 2. The third-order valence-electron chi connectivity index (χ3n) is 2.88. The van der Waals surface area contributed by atoms with Crippen LogP contribution in [-0.2, 0) is 0 Å². The first-order valence-electron chi connectivity index (χ1n) is 6.44. The molecule has 2 aromatic rings. The van der Waals surface area contributed by atoms with Crippen molar-refractivity contribution in [2.24, 2.45) is 0 Å². The van der Waals surface area contributed by atoms with Gasteiger partial charge in [0, 0.05) is 22.3 Å². The highest BCUT2D eigenvalue weighted by molar-refractivity contribution is 6.35. The first-order chi connectivity index (χ1) is 9.54. The Balaban J connectivity index is 1.84. The highest BCUT2D eigenvalue weighted by Gasteiger charge is 2.00. The third kappa shape index (κ3) is 4.32. The molecule has 0 aliphatic carbocycles. The zero-order valence-corrected chi connectivity index (χ0v) is 13.1. The fourth-order valence-electron chi connectivity index (χ4n) is 1.97. The summed E-state index contributed by atoms with van der Waals surface area (Å²) in [4.78, 5) is 0. The van der Waals surface area contributed by atoms with Crippen LogP contribution in [0.1, 0.15) is 11.1 Å². The monoisotopic (exact) mass is 309 g/mol. The molecule has 0 aliphatic rings. The van der Waals surface area contributed by atoms with Crippen LogP contribution in [0.15, 0.2) is 36.4 Å². The van der Waals surface area contributed by atoms with Crippen LogP contribution in [0.5, 0.6) is 5.75 Å². The fourth-order valence-corrected chi connectivity index (χ4v) is 2.50. The molecular formula is C16H17Cl2NO. The second kappa shape index (κ2) is 6.87. The second-order valence-corrected chi connectivity index (χ2v) is 5.58. The summed E-state index contributed by atoms with van der Waals surface area (Å²) in [6.07, 6.45) is 0.